The summed E-state index contributed by atoms with van der Waals surface area (Å²) < 4.78 is 0. The Labute approximate surface area is 127 Å². The van der Waals surface area contributed by atoms with Crippen LogP contribution in [0.1, 0.15) is 34.0 Å². The third-order valence-corrected chi connectivity index (χ3v) is 4.11. The number of benzene rings is 2. The molecule has 0 spiro atoms. The predicted octanol–water partition coefficient (Wildman–Crippen LogP) is 4.01. The van der Waals surface area contributed by atoms with E-state index >= 15 is 0 Å². The molecule has 0 heterocycles. The number of carbonyl (C=O) groups excluding carboxylic acids is 1. The Morgan fingerprint density at radius 1 is 1.05 bits per heavy atom. The van der Waals surface area contributed by atoms with Crippen LogP contribution < -0.4 is 0 Å². The quantitative estimate of drug-likeness (QED) is 0.772. The maximum Gasteiger partial charge on any atom is 0.179 e. The van der Waals surface area contributed by atoms with Gasteiger partial charge in [0.15, 0.2) is 5.78 Å². The van der Waals surface area contributed by atoms with E-state index in [0.717, 1.165) is 12.1 Å². The lowest BCUT2D eigenvalue weighted by Gasteiger charge is -2.24. The maximum atomic E-state index is 12.6. The molecule has 110 valence electrons. The second-order valence-electron chi connectivity index (χ2n) is 5.74. The Balaban J connectivity index is 2.09. The highest BCUT2D eigenvalue weighted by molar-refractivity contribution is 6.00. The summed E-state index contributed by atoms with van der Waals surface area (Å²) in [5, 5.41) is 0. The van der Waals surface area contributed by atoms with E-state index in [2.05, 4.69) is 24.0 Å². The average Bonchev–Trinajstić information content (AvgIpc) is 2.49. The number of hydrogen-bond acceptors (Lipinski definition) is 2. The fraction of sp³-hybridized carbons (Fsp3) is 0.316. The lowest BCUT2D eigenvalue weighted by atomic mass is 9.99. The first-order valence-electron chi connectivity index (χ1n) is 7.34. The highest BCUT2D eigenvalue weighted by Gasteiger charge is 2.20. The topological polar surface area (TPSA) is 20.3 Å². The predicted molar refractivity (Wildman–Crippen MR) is 87.6 cm³/mol. The monoisotopic (exact) mass is 281 g/mol. The van der Waals surface area contributed by atoms with Crippen LogP contribution in [0.2, 0.25) is 0 Å². The fourth-order valence-electron chi connectivity index (χ4n) is 2.34. The van der Waals surface area contributed by atoms with Crippen molar-refractivity contribution in [2.24, 2.45) is 0 Å². The first-order valence-corrected chi connectivity index (χ1v) is 7.34. The smallest absolute Gasteiger partial charge is 0.179 e. The molecule has 2 nitrogen and oxygen atoms in total. The number of likely N-dealkylation sites (N-methyl/N-ethyl adjacent to an activating group) is 1. The molecular formula is C19H23NO. The molecule has 0 aliphatic carbocycles. The summed E-state index contributed by atoms with van der Waals surface area (Å²) >= 11 is 0. The average molecular weight is 281 g/mol. The minimum atomic E-state index is -0.132. The number of hydrogen-bond donors (Lipinski definition) is 0. The number of carbonyl (C=O) groups is 1. The molecule has 0 saturated heterocycles. The van der Waals surface area contributed by atoms with Gasteiger partial charge in [0, 0.05) is 12.1 Å². The standard InChI is InChI=1S/C19H23NO/c1-14-10-11-18(12-15(14)2)19(21)16(3)20(4)13-17-8-6-5-7-9-17/h5-12,16H,13H2,1-4H3. The minimum Gasteiger partial charge on any atom is -0.292 e. The fourth-order valence-corrected chi connectivity index (χ4v) is 2.34. The van der Waals surface area contributed by atoms with Crippen LogP contribution in [0.25, 0.3) is 0 Å². The van der Waals surface area contributed by atoms with Crippen LogP contribution in [0.5, 0.6) is 0 Å². The van der Waals surface area contributed by atoms with Crippen LogP contribution in [-0.4, -0.2) is 23.8 Å². The zero-order valence-corrected chi connectivity index (χ0v) is 13.3. The Hall–Kier alpha value is -1.93. The Bertz CT molecular complexity index is 619. The van der Waals surface area contributed by atoms with Gasteiger partial charge in [-0.3, -0.25) is 9.69 Å². The minimum absolute atomic E-state index is 0.132. The highest BCUT2D eigenvalue weighted by Crippen LogP contribution is 2.15. The molecule has 0 aliphatic rings. The first kappa shape index (κ1) is 15.5. The van der Waals surface area contributed by atoms with E-state index in [-0.39, 0.29) is 11.8 Å². The number of Topliss-reactive ketones (excluding diaryl/α,β-unsaturated/α-hetero) is 1. The molecule has 0 radical (unpaired) electrons. The summed E-state index contributed by atoms with van der Waals surface area (Å²) in [6.45, 7) is 6.86. The van der Waals surface area contributed by atoms with Crippen molar-refractivity contribution in [1.29, 1.82) is 0 Å². The van der Waals surface area contributed by atoms with Gasteiger partial charge < -0.3 is 0 Å². The largest absolute Gasteiger partial charge is 0.292 e. The van der Waals surface area contributed by atoms with Crippen LogP contribution in [0.15, 0.2) is 48.5 Å². The number of ketones is 1. The molecule has 2 rings (SSSR count). The van der Waals surface area contributed by atoms with Gasteiger partial charge in [-0.15, -0.1) is 0 Å². The molecule has 0 bridgehead atoms. The highest BCUT2D eigenvalue weighted by atomic mass is 16.1. The van der Waals surface area contributed by atoms with Crippen molar-refractivity contribution < 1.29 is 4.79 Å². The lowest BCUT2D eigenvalue weighted by Crippen LogP contribution is -2.35. The van der Waals surface area contributed by atoms with Crippen LogP contribution in [0.3, 0.4) is 0 Å². The molecule has 0 N–H and O–H groups in total. The normalized spacial score (nSPS) is 12.4. The molecule has 0 aliphatic heterocycles. The summed E-state index contributed by atoms with van der Waals surface area (Å²) in [5.41, 5.74) is 4.40. The third-order valence-electron chi connectivity index (χ3n) is 4.11. The van der Waals surface area contributed by atoms with Crippen LogP contribution in [0, 0.1) is 13.8 Å². The Morgan fingerprint density at radius 3 is 2.33 bits per heavy atom. The van der Waals surface area contributed by atoms with Crippen molar-refractivity contribution in [2.75, 3.05) is 7.05 Å². The molecule has 0 saturated carbocycles. The van der Waals surface area contributed by atoms with Gasteiger partial charge in [0.1, 0.15) is 0 Å². The number of nitrogens with zero attached hydrogens (tertiary/aromatic N) is 1. The Kier molecular flexibility index (Phi) is 4.92. The van der Waals surface area contributed by atoms with E-state index in [1.54, 1.807) is 0 Å². The molecule has 0 fully saturated rings. The molecular weight excluding hydrogens is 258 g/mol. The van der Waals surface area contributed by atoms with E-state index in [4.69, 9.17) is 0 Å². The van der Waals surface area contributed by atoms with Gasteiger partial charge in [-0.1, -0.05) is 42.5 Å². The van der Waals surface area contributed by atoms with Gasteiger partial charge in [0.2, 0.25) is 0 Å². The molecule has 0 amide bonds. The molecule has 1 unspecified atom stereocenters. The van der Waals surface area contributed by atoms with Crippen LogP contribution >= 0.6 is 0 Å². The van der Waals surface area contributed by atoms with Crippen molar-refractivity contribution in [1.82, 2.24) is 4.90 Å². The van der Waals surface area contributed by atoms with Crippen molar-refractivity contribution in [3.05, 3.63) is 70.8 Å². The van der Waals surface area contributed by atoms with E-state index in [1.165, 1.54) is 16.7 Å². The Morgan fingerprint density at radius 2 is 1.71 bits per heavy atom. The van der Waals surface area contributed by atoms with Crippen LogP contribution in [-0.2, 0) is 6.54 Å². The molecule has 0 aromatic heterocycles. The van der Waals surface area contributed by atoms with Crippen LogP contribution in [0.4, 0.5) is 0 Å². The van der Waals surface area contributed by atoms with Crippen molar-refractivity contribution in [3.8, 4) is 0 Å². The van der Waals surface area contributed by atoms with E-state index < -0.39 is 0 Å². The molecule has 2 aromatic rings. The summed E-state index contributed by atoms with van der Waals surface area (Å²) in [6.07, 6.45) is 0. The molecule has 2 aromatic carbocycles. The van der Waals surface area contributed by atoms with E-state index in [0.29, 0.717) is 0 Å². The van der Waals surface area contributed by atoms with Gasteiger partial charge in [-0.25, -0.2) is 0 Å². The third kappa shape index (κ3) is 3.79. The SMILES string of the molecule is Cc1ccc(C(=O)C(C)N(C)Cc2ccccc2)cc1C. The summed E-state index contributed by atoms with van der Waals surface area (Å²) in [6, 6.07) is 16.0. The van der Waals surface area contributed by atoms with Gasteiger partial charge in [0.05, 0.1) is 6.04 Å². The molecule has 21 heavy (non-hydrogen) atoms. The second kappa shape index (κ2) is 6.68. The summed E-state index contributed by atoms with van der Waals surface area (Å²) in [4.78, 5) is 14.7. The van der Waals surface area contributed by atoms with Crippen molar-refractivity contribution in [3.63, 3.8) is 0 Å². The zero-order valence-electron chi connectivity index (χ0n) is 13.3. The summed E-state index contributed by atoms with van der Waals surface area (Å²) in [5.74, 6) is 0.177. The van der Waals surface area contributed by atoms with E-state index in [9.17, 15) is 4.79 Å². The summed E-state index contributed by atoms with van der Waals surface area (Å²) in [7, 11) is 2.00. The molecule has 1 atom stereocenters. The van der Waals surface area contributed by atoms with Gasteiger partial charge >= 0.3 is 0 Å². The van der Waals surface area contributed by atoms with Crippen molar-refractivity contribution in [2.45, 2.75) is 33.4 Å². The second-order valence-corrected chi connectivity index (χ2v) is 5.74. The first-order chi connectivity index (χ1) is 9.99. The number of rotatable bonds is 5. The van der Waals surface area contributed by atoms with Gasteiger partial charge in [-0.2, -0.15) is 0 Å². The number of aryl methyl sites for hydroxylation is 2. The maximum absolute atomic E-state index is 12.6. The van der Waals surface area contributed by atoms with Gasteiger partial charge in [0.25, 0.3) is 0 Å². The van der Waals surface area contributed by atoms with Crippen molar-refractivity contribution >= 4 is 5.78 Å². The molecule has 2 heteroatoms. The lowest BCUT2D eigenvalue weighted by molar-refractivity contribution is 0.0862. The van der Waals surface area contributed by atoms with Gasteiger partial charge in [-0.05, 0) is 50.6 Å². The van der Waals surface area contributed by atoms with E-state index in [1.807, 2.05) is 57.3 Å². The zero-order chi connectivity index (χ0) is 15.4.